The van der Waals surface area contributed by atoms with Crippen molar-refractivity contribution in [1.82, 2.24) is 19.8 Å². The van der Waals surface area contributed by atoms with Gasteiger partial charge < -0.3 is 9.80 Å². The Bertz CT molecular complexity index is 642. The van der Waals surface area contributed by atoms with Gasteiger partial charge in [0.15, 0.2) is 0 Å². The molecular weight excluding hydrogens is 304 g/mol. The summed E-state index contributed by atoms with van der Waals surface area (Å²) < 4.78 is 0. The molecule has 1 aromatic heterocycles. The minimum absolute atomic E-state index is 0.0382. The fraction of sp³-hybridized carbons (Fsp3) is 0.667. The molecule has 1 saturated heterocycles. The largest absolute Gasteiger partial charge is 0.342 e. The molecule has 0 N–H and O–H groups in total. The molecule has 1 aromatic rings. The molecule has 2 heterocycles. The van der Waals surface area contributed by atoms with Gasteiger partial charge in [-0.1, -0.05) is 19.8 Å². The first-order chi connectivity index (χ1) is 11.5. The van der Waals surface area contributed by atoms with E-state index in [9.17, 15) is 9.59 Å². The van der Waals surface area contributed by atoms with Crippen LogP contribution in [0.25, 0.3) is 0 Å². The molecule has 1 unspecified atom stereocenters. The molecule has 24 heavy (non-hydrogen) atoms. The first-order valence-electron chi connectivity index (χ1n) is 8.92. The van der Waals surface area contributed by atoms with Gasteiger partial charge in [-0.05, 0) is 26.2 Å². The summed E-state index contributed by atoms with van der Waals surface area (Å²) in [6.45, 7) is 5.10. The highest BCUT2D eigenvalue weighted by molar-refractivity contribution is 5.98. The van der Waals surface area contributed by atoms with Gasteiger partial charge in [-0.3, -0.25) is 9.59 Å². The quantitative estimate of drug-likeness (QED) is 0.829. The van der Waals surface area contributed by atoms with E-state index in [4.69, 9.17) is 0 Å². The number of hydrogen-bond acceptors (Lipinski definition) is 4. The lowest BCUT2D eigenvalue weighted by molar-refractivity contribution is -0.138. The van der Waals surface area contributed by atoms with Crippen molar-refractivity contribution in [2.75, 3.05) is 20.1 Å². The fourth-order valence-electron chi connectivity index (χ4n) is 3.22. The predicted octanol–water partition coefficient (Wildman–Crippen LogP) is 2.14. The van der Waals surface area contributed by atoms with Crippen molar-refractivity contribution in [3.05, 3.63) is 23.3 Å². The molecule has 2 amide bonds. The van der Waals surface area contributed by atoms with Crippen LogP contribution in [-0.4, -0.2) is 57.8 Å². The molecule has 1 aliphatic carbocycles. The highest BCUT2D eigenvalue weighted by atomic mass is 16.2. The number of hydrogen-bond donors (Lipinski definition) is 0. The summed E-state index contributed by atoms with van der Waals surface area (Å²) in [6, 6.07) is -0.362. The molecule has 0 aromatic carbocycles. The maximum absolute atomic E-state index is 13.0. The van der Waals surface area contributed by atoms with Crippen LogP contribution in [-0.2, 0) is 4.79 Å². The van der Waals surface area contributed by atoms with Crippen LogP contribution in [0.1, 0.15) is 66.8 Å². The second kappa shape index (κ2) is 6.87. The van der Waals surface area contributed by atoms with Crippen LogP contribution in [0.5, 0.6) is 0 Å². The van der Waals surface area contributed by atoms with Crippen LogP contribution in [0.3, 0.4) is 0 Å². The van der Waals surface area contributed by atoms with Gasteiger partial charge >= 0.3 is 0 Å². The number of carbonyl (C=O) groups is 2. The molecule has 6 heteroatoms. The van der Waals surface area contributed by atoms with Gasteiger partial charge in [-0.15, -0.1) is 0 Å². The third-order valence-electron chi connectivity index (χ3n) is 4.98. The van der Waals surface area contributed by atoms with E-state index in [2.05, 4.69) is 16.9 Å². The van der Waals surface area contributed by atoms with Gasteiger partial charge in [-0.2, -0.15) is 0 Å². The molecule has 1 saturated carbocycles. The lowest BCUT2D eigenvalue weighted by Gasteiger charge is -2.39. The molecule has 3 rings (SSSR count). The van der Waals surface area contributed by atoms with Crippen LogP contribution in [0.15, 0.2) is 6.20 Å². The minimum atomic E-state index is -0.362. The summed E-state index contributed by atoms with van der Waals surface area (Å²) in [5.74, 6) is 1.24. The second-order valence-corrected chi connectivity index (χ2v) is 6.92. The maximum atomic E-state index is 13.0. The normalized spacial score (nSPS) is 21.3. The molecule has 6 nitrogen and oxygen atoms in total. The van der Waals surface area contributed by atoms with Crippen molar-refractivity contribution in [3.8, 4) is 0 Å². The Hall–Kier alpha value is -1.98. The second-order valence-electron chi connectivity index (χ2n) is 6.92. The molecule has 2 fully saturated rings. The summed E-state index contributed by atoms with van der Waals surface area (Å²) >= 11 is 0. The zero-order valence-electron chi connectivity index (χ0n) is 14.8. The Morgan fingerprint density at radius 3 is 2.71 bits per heavy atom. The first-order valence-corrected chi connectivity index (χ1v) is 8.92. The third-order valence-corrected chi connectivity index (χ3v) is 4.98. The zero-order valence-corrected chi connectivity index (χ0v) is 14.8. The summed E-state index contributed by atoms with van der Waals surface area (Å²) in [4.78, 5) is 37.9. The van der Waals surface area contributed by atoms with Crippen molar-refractivity contribution in [1.29, 1.82) is 0 Å². The van der Waals surface area contributed by atoms with E-state index in [1.807, 2.05) is 14.0 Å². The van der Waals surface area contributed by atoms with Gasteiger partial charge in [-0.25, -0.2) is 9.97 Å². The Balaban J connectivity index is 1.82. The minimum Gasteiger partial charge on any atom is -0.342 e. The Morgan fingerprint density at radius 2 is 2.08 bits per heavy atom. The molecule has 0 bridgehead atoms. The van der Waals surface area contributed by atoms with Gasteiger partial charge in [0.2, 0.25) is 5.91 Å². The van der Waals surface area contributed by atoms with E-state index >= 15 is 0 Å². The van der Waals surface area contributed by atoms with E-state index in [1.165, 1.54) is 0 Å². The summed E-state index contributed by atoms with van der Waals surface area (Å²) in [7, 11) is 1.81. The summed E-state index contributed by atoms with van der Waals surface area (Å²) in [6.07, 6.45) is 6.58. The van der Waals surface area contributed by atoms with E-state index in [0.29, 0.717) is 31.0 Å². The zero-order chi connectivity index (χ0) is 17.3. The standard InChI is InChI=1S/C18H26N4O2/c1-4-5-6-15-18(24)21(3)9-10-22(15)17(23)14-11-19-16(13-7-8-13)20-12(14)2/h11,13,15H,4-10H2,1-3H3. The van der Waals surface area contributed by atoms with Gasteiger partial charge in [0.1, 0.15) is 11.9 Å². The lowest BCUT2D eigenvalue weighted by atomic mass is 10.0. The Morgan fingerprint density at radius 1 is 1.33 bits per heavy atom. The number of piperazine rings is 1. The number of nitrogens with zero attached hydrogens (tertiary/aromatic N) is 4. The SMILES string of the molecule is CCCCC1C(=O)N(C)CCN1C(=O)c1cnc(C2CC2)nc1C. The highest BCUT2D eigenvalue weighted by Crippen LogP contribution is 2.38. The Kier molecular flexibility index (Phi) is 4.83. The average Bonchev–Trinajstić information content (AvgIpc) is 3.40. The number of aromatic nitrogens is 2. The summed E-state index contributed by atoms with van der Waals surface area (Å²) in [5.41, 5.74) is 1.25. The molecule has 0 spiro atoms. The highest BCUT2D eigenvalue weighted by Gasteiger charge is 2.36. The van der Waals surface area contributed by atoms with Crippen molar-refractivity contribution < 1.29 is 9.59 Å². The molecule has 1 aliphatic heterocycles. The van der Waals surface area contributed by atoms with E-state index in [-0.39, 0.29) is 17.9 Å². The Labute approximate surface area is 143 Å². The monoisotopic (exact) mass is 330 g/mol. The predicted molar refractivity (Wildman–Crippen MR) is 90.7 cm³/mol. The first kappa shape index (κ1) is 16.9. The van der Waals surface area contributed by atoms with Crippen LogP contribution in [0.4, 0.5) is 0 Å². The molecule has 130 valence electrons. The molecule has 0 radical (unpaired) electrons. The van der Waals surface area contributed by atoms with Crippen molar-refractivity contribution >= 4 is 11.8 Å². The van der Waals surface area contributed by atoms with Crippen molar-refractivity contribution in [3.63, 3.8) is 0 Å². The molecule has 1 atom stereocenters. The van der Waals surface area contributed by atoms with E-state index < -0.39 is 0 Å². The van der Waals surface area contributed by atoms with Crippen molar-refractivity contribution in [2.24, 2.45) is 0 Å². The topological polar surface area (TPSA) is 66.4 Å². The average molecular weight is 330 g/mol. The van der Waals surface area contributed by atoms with Gasteiger partial charge in [0.25, 0.3) is 5.91 Å². The van der Waals surface area contributed by atoms with Crippen LogP contribution in [0.2, 0.25) is 0 Å². The smallest absolute Gasteiger partial charge is 0.258 e. The number of amides is 2. The van der Waals surface area contributed by atoms with E-state index in [0.717, 1.165) is 37.2 Å². The van der Waals surface area contributed by atoms with Gasteiger partial charge in [0, 0.05) is 32.3 Å². The third kappa shape index (κ3) is 3.28. The number of aryl methyl sites for hydroxylation is 1. The van der Waals surface area contributed by atoms with Crippen LogP contribution < -0.4 is 0 Å². The molecule has 2 aliphatic rings. The van der Waals surface area contributed by atoms with Crippen LogP contribution in [0, 0.1) is 6.92 Å². The number of likely N-dealkylation sites (N-methyl/N-ethyl adjacent to an activating group) is 1. The van der Waals surface area contributed by atoms with Gasteiger partial charge in [0.05, 0.1) is 11.3 Å². The number of rotatable bonds is 5. The number of unbranched alkanes of at least 4 members (excludes halogenated alkanes) is 1. The summed E-state index contributed by atoms with van der Waals surface area (Å²) in [5, 5.41) is 0. The molecular formula is C18H26N4O2. The van der Waals surface area contributed by atoms with E-state index in [1.54, 1.807) is 16.0 Å². The van der Waals surface area contributed by atoms with Crippen molar-refractivity contribution in [2.45, 2.75) is 57.9 Å². The fourth-order valence-corrected chi connectivity index (χ4v) is 3.22. The lowest BCUT2D eigenvalue weighted by Crippen LogP contribution is -2.57. The maximum Gasteiger partial charge on any atom is 0.258 e. The number of carbonyl (C=O) groups excluding carboxylic acids is 2. The van der Waals surface area contributed by atoms with Crippen LogP contribution >= 0.6 is 0 Å².